The van der Waals surface area contributed by atoms with Crippen LogP contribution in [0.25, 0.3) is 0 Å². The molecule has 1 N–H and O–H groups in total. The Morgan fingerprint density at radius 1 is 1.58 bits per heavy atom. The molecule has 1 aliphatic heterocycles. The van der Waals surface area contributed by atoms with Gasteiger partial charge < -0.3 is 4.74 Å². The predicted molar refractivity (Wildman–Crippen MR) is 73.8 cm³/mol. The van der Waals surface area contributed by atoms with E-state index in [2.05, 4.69) is 5.32 Å². The van der Waals surface area contributed by atoms with E-state index < -0.39 is 21.3 Å². The summed E-state index contributed by atoms with van der Waals surface area (Å²) in [7, 11) is -3.17. The zero-order chi connectivity index (χ0) is 13.9. The molecule has 1 atom stereocenters. The van der Waals surface area contributed by atoms with Gasteiger partial charge in [-0.15, -0.1) is 11.3 Å². The van der Waals surface area contributed by atoms with E-state index in [0.29, 0.717) is 6.54 Å². The van der Waals surface area contributed by atoms with Crippen LogP contribution in [0.2, 0.25) is 0 Å². The standard InChI is InChI=1S/C12H17NO4S2/c1-2-17-11(14)12(5-7-19(15,16)9-12)13-8-10-4-3-6-18-10/h3-4,6,13H,2,5,7-9H2,1H3. The lowest BCUT2D eigenvalue weighted by molar-refractivity contribution is -0.150. The predicted octanol–water partition coefficient (Wildman–Crippen LogP) is 0.958. The van der Waals surface area contributed by atoms with E-state index in [9.17, 15) is 13.2 Å². The molecular weight excluding hydrogens is 286 g/mol. The molecular formula is C12H17NO4S2. The minimum absolute atomic E-state index is 0.0310. The smallest absolute Gasteiger partial charge is 0.327 e. The molecule has 1 saturated heterocycles. The maximum absolute atomic E-state index is 12.1. The largest absolute Gasteiger partial charge is 0.465 e. The summed E-state index contributed by atoms with van der Waals surface area (Å²) < 4.78 is 28.4. The van der Waals surface area contributed by atoms with Gasteiger partial charge >= 0.3 is 5.97 Å². The van der Waals surface area contributed by atoms with Gasteiger partial charge in [-0.3, -0.25) is 10.1 Å². The number of hydrogen-bond acceptors (Lipinski definition) is 6. The first-order valence-electron chi connectivity index (χ1n) is 6.12. The maximum Gasteiger partial charge on any atom is 0.327 e. The van der Waals surface area contributed by atoms with Crippen molar-refractivity contribution in [2.24, 2.45) is 0 Å². The Balaban J connectivity index is 2.13. The van der Waals surface area contributed by atoms with E-state index in [1.165, 1.54) is 0 Å². The summed E-state index contributed by atoms with van der Waals surface area (Å²) in [6.45, 7) is 2.45. The van der Waals surface area contributed by atoms with Crippen LogP contribution in [0.4, 0.5) is 0 Å². The van der Waals surface area contributed by atoms with Gasteiger partial charge in [-0.05, 0) is 24.8 Å². The number of carbonyl (C=O) groups excluding carboxylic acids is 1. The number of thiophene rings is 1. The normalized spacial score (nSPS) is 25.3. The summed E-state index contributed by atoms with van der Waals surface area (Å²) in [5.41, 5.74) is -1.08. The molecule has 1 aliphatic rings. The Kier molecular flexibility index (Phi) is 4.27. The summed E-state index contributed by atoms with van der Waals surface area (Å²) in [6.07, 6.45) is 0.277. The summed E-state index contributed by atoms with van der Waals surface area (Å²) in [4.78, 5) is 13.1. The highest BCUT2D eigenvalue weighted by atomic mass is 32.2. The molecule has 0 aromatic carbocycles. The molecule has 0 bridgehead atoms. The van der Waals surface area contributed by atoms with Gasteiger partial charge in [0.1, 0.15) is 5.54 Å². The van der Waals surface area contributed by atoms with E-state index in [4.69, 9.17) is 4.74 Å². The SMILES string of the molecule is CCOC(=O)C1(NCc2cccs2)CCS(=O)(=O)C1. The van der Waals surface area contributed by atoms with Gasteiger partial charge in [0.25, 0.3) is 0 Å². The van der Waals surface area contributed by atoms with Crippen LogP contribution in [-0.2, 0) is 25.9 Å². The first kappa shape index (κ1) is 14.5. The number of ether oxygens (including phenoxy) is 1. The molecule has 0 saturated carbocycles. The lowest BCUT2D eigenvalue weighted by Crippen LogP contribution is -2.53. The van der Waals surface area contributed by atoms with Crippen molar-refractivity contribution in [2.45, 2.75) is 25.4 Å². The number of hydrogen-bond donors (Lipinski definition) is 1. The van der Waals surface area contributed by atoms with E-state index in [-0.39, 0.29) is 24.5 Å². The third-order valence-corrected chi connectivity index (χ3v) is 5.79. The average molecular weight is 303 g/mol. The van der Waals surface area contributed by atoms with Crippen molar-refractivity contribution < 1.29 is 17.9 Å². The average Bonchev–Trinajstić information content (AvgIpc) is 2.95. The summed E-state index contributed by atoms with van der Waals surface area (Å²) in [6, 6.07) is 3.87. The molecule has 1 unspecified atom stereocenters. The minimum atomic E-state index is -3.17. The Bertz CT molecular complexity index is 538. The molecule has 2 rings (SSSR count). The molecule has 1 aromatic heterocycles. The summed E-state index contributed by atoms with van der Waals surface area (Å²) in [5.74, 6) is -0.611. The molecule has 7 heteroatoms. The number of esters is 1. The van der Waals surface area contributed by atoms with Crippen molar-refractivity contribution in [3.05, 3.63) is 22.4 Å². The third kappa shape index (κ3) is 3.34. The lowest BCUT2D eigenvalue weighted by atomic mass is 9.99. The van der Waals surface area contributed by atoms with Crippen LogP contribution in [0.15, 0.2) is 17.5 Å². The van der Waals surface area contributed by atoms with Crippen molar-refractivity contribution in [1.29, 1.82) is 0 Å². The van der Waals surface area contributed by atoms with E-state index in [1.807, 2.05) is 17.5 Å². The molecule has 0 radical (unpaired) electrons. The first-order chi connectivity index (χ1) is 8.97. The summed E-state index contributed by atoms with van der Waals surface area (Å²) in [5, 5.41) is 5.04. The highest BCUT2D eigenvalue weighted by molar-refractivity contribution is 7.91. The second-order valence-electron chi connectivity index (χ2n) is 4.58. The fraction of sp³-hybridized carbons (Fsp3) is 0.583. The maximum atomic E-state index is 12.1. The van der Waals surface area contributed by atoms with Crippen LogP contribution in [0.5, 0.6) is 0 Å². The molecule has 19 heavy (non-hydrogen) atoms. The van der Waals surface area contributed by atoms with Crippen LogP contribution in [0.1, 0.15) is 18.2 Å². The quantitative estimate of drug-likeness (QED) is 0.820. The van der Waals surface area contributed by atoms with Gasteiger partial charge in [-0.25, -0.2) is 8.42 Å². The molecule has 1 aromatic rings. The van der Waals surface area contributed by atoms with Crippen molar-refractivity contribution in [3.63, 3.8) is 0 Å². The van der Waals surface area contributed by atoms with Crippen LogP contribution >= 0.6 is 11.3 Å². The van der Waals surface area contributed by atoms with E-state index >= 15 is 0 Å². The summed E-state index contributed by atoms with van der Waals surface area (Å²) >= 11 is 1.57. The number of carbonyl (C=O) groups is 1. The highest BCUT2D eigenvalue weighted by Crippen LogP contribution is 2.26. The lowest BCUT2D eigenvalue weighted by Gasteiger charge is -2.26. The molecule has 0 spiro atoms. The van der Waals surface area contributed by atoms with Gasteiger partial charge in [0.15, 0.2) is 9.84 Å². The fourth-order valence-electron chi connectivity index (χ4n) is 2.16. The number of rotatable bonds is 5. The van der Waals surface area contributed by atoms with Crippen molar-refractivity contribution in [2.75, 3.05) is 18.1 Å². The van der Waals surface area contributed by atoms with Crippen LogP contribution in [-0.4, -0.2) is 38.0 Å². The Hall–Kier alpha value is -0.920. The van der Waals surface area contributed by atoms with Crippen LogP contribution < -0.4 is 5.32 Å². The molecule has 1 fully saturated rings. The van der Waals surface area contributed by atoms with Gasteiger partial charge in [-0.2, -0.15) is 0 Å². The highest BCUT2D eigenvalue weighted by Gasteiger charge is 2.49. The second-order valence-corrected chi connectivity index (χ2v) is 7.79. The van der Waals surface area contributed by atoms with Crippen LogP contribution in [0, 0.1) is 0 Å². The Labute approximate surface area is 116 Å². The molecule has 5 nitrogen and oxygen atoms in total. The zero-order valence-electron chi connectivity index (χ0n) is 10.7. The van der Waals surface area contributed by atoms with Crippen molar-refractivity contribution >= 4 is 27.1 Å². The van der Waals surface area contributed by atoms with E-state index in [1.54, 1.807) is 18.3 Å². The molecule has 2 heterocycles. The number of sulfone groups is 1. The fourth-order valence-corrected chi connectivity index (χ4v) is 4.72. The molecule has 106 valence electrons. The monoisotopic (exact) mass is 303 g/mol. The van der Waals surface area contributed by atoms with Gasteiger partial charge in [0.05, 0.1) is 18.1 Å². The molecule has 0 amide bonds. The van der Waals surface area contributed by atoms with Gasteiger partial charge in [0, 0.05) is 11.4 Å². The van der Waals surface area contributed by atoms with E-state index in [0.717, 1.165) is 4.88 Å². The van der Waals surface area contributed by atoms with Crippen molar-refractivity contribution in [1.82, 2.24) is 5.32 Å². The molecule has 0 aliphatic carbocycles. The first-order valence-corrected chi connectivity index (χ1v) is 8.83. The zero-order valence-corrected chi connectivity index (χ0v) is 12.4. The van der Waals surface area contributed by atoms with Crippen LogP contribution in [0.3, 0.4) is 0 Å². The van der Waals surface area contributed by atoms with Gasteiger partial charge in [-0.1, -0.05) is 6.07 Å². The topological polar surface area (TPSA) is 72.5 Å². The van der Waals surface area contributed by atoms with Gasteiger partial charge in [0.2, 0.25) is 0 Å². The Morgan fingerprint density at radius 2 is 2.37 bits per heavy atom. The Morgan fingerprint density at radius 3 is 2.89 bits per heavy atom. The van der Waals surface area contributed by atoms with Crippen molar-refractivity contribution in [3.8, 4) is 0 Å². The third-order valence-electron chi connectivity index (χ3n) is 3.15. The second kappa shape index (κ2) is 5.60. The minimum Gasteiger partial charge on any atom is -0.465 e. The number of nitrogens with one attached hydrogen (secondary N) is 1.